The average molecular weight is 340 g/mol. The van der Waals surface area contributed by atoms with Crippen LogP contribution in [0.15, 0.2) is 24.3 Å². The normalized spacial score (nSPS) is 25.7. The lowest BCUT2D eigenvalue weighted by atomic mass is 9.94. The van der Waals surface area contributed by atoms with Crippen LogP contribution in [0.4, 0.5) is 0 Å². The number of hydrogen-bond donors (Lipinski definition) is 3. The van der Waals surface area contributed by atoms with Gasteiger partial charge in [0.2, 0.25) is 0 Å². The molecule has 24 heavy (non-hydrogen) atoms. The van der Waals surface area contributed by atoms with Crippen LogP contribution in [0, 0.1) is 5.92 Å². The molecule has 0 aromatic carbocycles. The Morgan fingerprint density at radius 3 is 2.79 bits per heavy atom. The maximum Gasteiger partial charge on any atom is 0.303 e. The fourth-order valence-electron chi connectivity index (χ4n) is 2.85. The van der Waals surface area contributed by atoms with Crippen LogP contribution < -0.4 is 0 Å². The molecule has 5 nitrogen and oxygen atoms in total. The van der Waals surface area contributed by atoms with Crippen LogP contribution in [0.2, 0.25) is 0 Å². The molecule has 0 spiro atoms. The number of ether oxygens (including phenoxy) is 1. The fourth-order valence-corrected chi connectivity index (χ4v) is 2.85. The van der Waals surface area contributed by atoms with Gasteiger partial charge in [-0.05, 0) is 25.7 Å². The zero-order valence-corrected chi connectivity index (χ0v) is 14.6. The van der Waals surface area contributed by atoms with E-state index in [1.165, 1.54) is 0 Å². The second kappa shape index (κ2) is 12.2. The molecule has 0 bridgehead atoms. The molecular weight excluding hydrogens is 308 g/mol. The van der Waals surface area contributed by atoms with Crippen molar-refractivity contribution < 1.29 is 24.9 Å². The number of allylic oxidation sites excluding steroid dienone is 2. The molecule has 0 saturated carbocycles. The van der Waals surface area contributed by atoms with Crippen molar-refractivity contribution in [1.82, 2.24) is 0 Å². The van der Waals surface area contributed by atoms with E-state index in [4.69, 9.17) is 9.84 Å². The first-order chi connectivity index (χ1) is 11.5. The van der Waals surface area contributed by atoms with Crippen molar-refractivity contribution in [2.24, 2.45) is 5.92 Å². The topological polar surface area (TPSA) is 87.0 Å². The van der Waals surface area contributed by atoms with Gasteiger partial charge in [0, 0.05) is 12.3 Å². The van der Waals surface area contributed by atoms with E-state index in [-0.39, 0.29) is 18.4 Å². The number of aliphatic hydroxyl groups is 2. The Balaban J connectivity index is 2.35. The number of carbonyl (C=O) groups is 1. The first kappa shape index (κ1) is 20.9. The molecule has 0 aromatic rings. The summed E-state index contributed by atoms with van der Waals surface area (Å²) in [7, 11) is 0. The Bertz CT molecular complexity index is 405. The van der Waals surface area contributed by atoms with Gasteiger partial charge in [0.05, 0.1) is 24.9 Å². The number of aliphatic hydroxyl groups excluding tert-OH is 2. The Labute approximate surface area is 145 Å². The minimum atomic E-state index is -0.772. The first-order valence-electron chi connectivity index (χ1n) is 9.07. The Hall–Kier alpha value is -1.17. The summed E-state index contributed by atoms with van der Waals surface area (Å²) in [6.45, 7) is 2.45. The van der Waals surface area contributed by atoms with Gasteiger partial charge in [-0.15, -0.1) is 0 Å². The monoisotopic (exact) mass is 340 g/mol. The fraction of sp³-hybridized carbons (Fsp3) is 0.737. The Morgan fingerprint density at radius 2 is 2.08 bits per heavy atom. The first-order valence-corrected chi connectivity index (χ1v) is 9.07. The maximum absolute atomic E-state index is 10.4. The van der Waals surface area contributed by atoms with Crippen molar-refractivity contribution in [2.75, 3.05) is 6.61 Å². The van der Waals surface area contributed by atoms with Crippen molar-refractivity contribution in [2.45, 2.75) is 76.6 Å². The number of unbranched alkanes of at least 4 members (excludes halogenated alkanes) is 3. The van der Waals surface area contributed by atoms with Crippen LogP contribution in [0.1, 0.15) is 58.3 Å². The van der Waals surface area contributed by atoms with Crippen molar-refractivity contribution in [1.29, 1.82) is 0 Å². The number of carboxylic acids is 1. The Kier molecular flexibility index (Phi) is 10.6. The van der Waals surface area contributed by atoms with Gasteiger partial charge in [0.1, 0.15) is 0 Å². The van der Waals surface area contributed by atoms with Crippen molar-refractivity contribution in [3.05, 3.63) is 24.3 Å². The molecule has 0 radical (unpaired) electrons. The van der Waals surface area contributed by atoms with Gasteiger partial charge < -0.3 is 20.1 Å². The third kappa shape index (κ3) is 8.62. The molecule has 1 fully saturated rings. The molecule has 4 atom stereocenters. The molecule has 1 aliphatic heterocycles. The summed E-state index contributed by atoms with van der Waals surface area (Å²) in [5.74, 6) is -0.787. The standard InChI is InChI=1S/C19H32O5/c1-2-3-6-9-15(20)12-13-18-16(17(21)14-24-18)10-7-4-5-8-11-19(22)23/h4,7,12-13,15-18,20-21H,2-3,5-6,8-11,14H2,1H3,(H,22,23)/b7-4-,13-12+. The van der Waals surface area contributed by atoms with Gasteiger partial charge in [0.25, 0.3) is 0 Å². The highest BCUT2D eigenvalue weighted by Gasteiger charge is 2.33. The minimum absolute atomic E-state index is 0.0141. The number of hydrogen-bond acceptors (Lipinski definition) is 4. The predicted octanol–water partition coefficient (Wildman–Crippen LogP) is 3.06. The number of aliphatic carboxylic acids is 1. The largest absolute Gasteiger partial charge is 0.481 e. The summed E-state index contributed by atoms with van der Waals surface area (Å²) in [5.41, 5.74) is 0. The van der Waals surface area contributed by atoms with Gasteiger partial charge in [0.15, 0.2) is 0 Å². The van der Waals surface area contributed by atoms with Crippen LogP contribution in [0.25, 0.3) is 0 Å². The van der Waals surface area contributed by atoms with E-state index in [1.54, 1.807) is 6.08 Å². The SMILES string of the molecule is CCCCCC(O)/C=C/C1OCC(O)C1C/C=C\CCCC(=O)O. The molecule has 4 unspecified atom stereocenters. The summed E-state index contributed by atoms with van der Waals surface area (Å²) < 4.78 is 5.60. The van der Waals surface area contributed by atoms with Gasteiger partial charge in [-0.25, -0.2) is 0 Å². The summed E-state index contributed by atoms with van der Waals surface area (Å²) in [5, 5.41) is 28.6. The summed E-state index contributed by atoms with van der Waals surface area (Å²) >= 11 is 0. The van der Waals surface area contributed by atoms with Gasteiger partial charge in [-0.1, -0.05) is 50.5 Å². The average Bonchev–Trinajstić information content (AvgIpc) is 2.89. The third-order valence-electron chi connectivity index (χ3n) is 4.34. The summed E-state index contributed by atoms with van der Waals surface area (Å²) in [6, 6.07) is 0. The molecule has 0 aromatic heterocycles. The molecular formula is C19H32O5. The zero-order valence-electron chi connectivity index (χ0n) is 14.6. The van der Waals surface area contributed by atoms with E-state index in [2.05, 4.69) is 6.92 Å². The number of carboxylic acid groups (broad SMARTS) is 1. The lowest BCUT2D eigenvalue weighted by molar-refractivity contribution is -0.137. The van der Waals surface area contributed by atoms with E-state index in [9.17, 15) is 15.0 Å². The molecule has 1 saturated heterocycles. The minimum Gasteiger partial charge on any atom is -0.481 e. The van der Waals surface area contributed by atoms with Gasteiger partial charge >= 0.3 is 5.97 Å². The molecule has 1 heterocycles. The van der Waals surface area contributed by atoms with Gasteiger partial charge in [-0.3, -0.25) is 4.79 Å². The zero-order chi connectivity index (χ0) is 17.8. The molecule has 1 rings (SSSR count). The van der Waals surface area contributed by atoms with Gasteiger partial charge in [-0.2, -0.15) is 0 Å². The highest BCUT2D eigenvalue weighted by molar-refractivity contribution is 5.66. The van der Waals surface area contributed by atoms with E-state index >= 15 is 0 Å². The number of rotatable bonds is 12. The molecule has 0 aliphatic carbocycles. The molecule has 1 aliphatic rings. The Morgan fingerprint density at radius 1 is 1.29 bits per heavy atom. The van der Waals surface area contributed by atoms with Crippen molar-refractivity contribution >= 4 is 5.97 Å². The smallest absolute Gasteiger partial charge is 0.303 e. The van der Waals surface area contributed by atoms with Crippen LogP contribution in [0.3, 0.4) is 0 Å². The highest BCUT2D eigenvalue weighted by Crippen LogP contribution is 2.26. The lowest BCUT2D eigenvalue weighted by Crippen LogP contribution is -2.22. The van der Waals surface area contributed by atoms with E-state index in [1.807, 2.05) is 18.2 Å². The lowest BCUT2D eigenvalue weighted by Gasteiger charge is -2.16. The maximum atomic E-state index is 10.4. The quantitative estimate of drug-likeness (QED) is 0.375. The summed E-state index contributed by atoms with van der Waals surface area (Å²) in [6.07, 6.45) is 12.7. The summed E-state index contributed by atoms with van der Waals surface area (Å²) in [4.78, 5) is 10.4. The van der Waals surface area contributed by atoms with Crippen LogP contribution in [-0.4, -0.2) is 46.2 Å². The second-order valence-corrected chi connectivity index (χ2v) is 6.47. The van der Waals surface area contributed by atoms with Crippen molar-refractivity contribution in [3.8, 4) is 0 Å². The molecule has 0 amide bonds. The highest BCUT2D eigenvalue weighted by atomic mass is 16.5. The molecule has 5 heteroatoms. The van der Waals surface area contributed by atoms with E-state index in [0.29, 0.717) is 19.4 Å². The van der Waals surface area contributed by atoms with Crippen molar-refractivity contribution in [3.63, 3.8) is 0 Å². The molecule has 3 N–H and O–H groups in total. The van der Waals surface area contributed by atoms with Crippen LogP contribution in [-0.2, 0) is 9.53 Å². The third-order valence-corrected chi connectivity index (χ3v) is 4.34. The van der Waals surface area contributed by atoms with Crippen LogP contribution >= 0.6 is 0 Å². The predicted molar refractivity (Wildman–Crippen MR) is 93.8 cm³/mol. The van der Waals surface area contributed by atoms with E-state index in [0.717, 1.165) is 32.1 Å². The van der Waals surface area contributed by atoms with Crippen LogP contribution in [0.5, 0.6) is 0 Å². The van der Waals surface area contributed by atoms with E-state index < -0.39 is 18.2 Å². The second-order valence-electron chi connectivity index (χ2n) is 6.47. The molecule has 138 valence electrons.